The van der Waals surface area contributed by atoms with Crippen molar-refractivity contribution in [1.82, 2.24) is 5.32 Å². The Bertz CT molecular complexity index is 755. The minimum Gasteiger partial charge on any atom is -0.346 e. The highest BCUT2D eigenvalue weighted by Gasteiger charge is 2.20. The third-order valence-electron chi connectivity index (χ3n) is 4.06. The van der Waals surface area contributed by atoms with Crippen LogP contribution in [0.3, 0.4) is 0 Å². The zero-order valence-corrected chi connectivity index (χ0v) is 14.1. The van der Waals surface area contributed by atoms with Crippen LogP contribution in [0.2, 0.25) is 10.0 Å². The summed E-state index contributed by atoms with van der Waals surface area (Å²) in [6, 6.07) is 13.7. The lowest BCUT2D eigenvalue weighted by Crippen LogP contribution is -2.29. The molecule has 3 rings (SSSR count). The number of amides is 1. The fourth-order valence-electron chi connectivity index (χ4n) is 2.91. The number of hydrogen-bond donors (Lipinski definition) is 1. The third-order valence-corrected chi connectivity index (χ3v) is 4.80. The molecule has 2 aromatic rings. The SMILES string of the molecule is O=C(/C=C/c1ccc(Cl)c(Cl)c1)N[C@H]1CCCc2ccccc21. The molecule has 0 aliphatic heterocycles. The number of aryl methyl sites for hydroxylation is 1. The zero-order valence-electron chi connectivity index (χ0n) is 12.6. The molecule has 4 heteroatoms. The highest BCUT2D eigenvalue weighted by Crippen LogP contribution is 2.29. The van der Waals surface area contributed by atoms with E-state index in [4.69, 9.17) is 23.2 Å². The van der Waals surface area contributed by atoms with Crippen molar-refractivity contribution in [2.75, 3.05) is 0 Å². The number of hydrogen-bond acceptors (Lipinski definition) is 1. The van der Waals surface area contributed by atoms with E-state index in [1.807, 2.05) is 18.2 Å². The predicted molar refractivity (Wildman–Crippen MR) is 95.8 cm³/mol. The van der Waals surface area contributed by atoms with E-state index in [1.54, 1.807) is 18.2 Å². The van der Waals surface area contributed by atoms with Crippen LogP contribution in [-0.4, -0.2) is 5.91 Å². The van der Waals surface area contributed by atoms with Crippen molar-refractivity contribution in [3.8, 4) is 0 Å². The van der Waals surface area contributed by atoms with E-state index in [2.05, 4.69) is 17.4 Å². The Labute approximate surface area is 146 Å². The molecule has 1 aliphatic rings. The van der Waals surface area contributed by atoms with E-state index in [-0.39, 0.29) is 11.9 Å². The average molecular weight is 346 g/mol. The molecule has 0 unspecified atom stereocenters. The van der Waals surface area contributed by atoms with Crippen LogP contribution in [0.5, 0.6) is 0 Å². The molecular formula is C19H17Cl2NO. The molecule has 1 aliphatic carbocycles. The van der Waals surface area contributed by atoms with Gasteiger partial charge in [-0.3, -0.25) is 4.79 Å². The maximum Gasteiger partial charge on any atom is 0.244 e. The lowest BCUT2D eigenvalue weighted by atomic mass is 9.88. The summed E-state index contributed by atoms with van der Waals surface area (Å²) < 4.78 is 0. The number of halogens is 2. The second-order valence-electron chi connectivity index (χ2n) is 5.66. The van der Waals surface area contributed by atoms with Crippen molar-refractivity contribution in [2.45, 2.75) is 25.3 Å². The zero-order chi connectivity index (χ0) is 16.2. The highest BCUT2D eigenvalue weighted by atomic mass is 35.5. The van der Waals surface area contributed by atoms with Gasteiger partial charge in [-0.15, -0.1) is 0 Å². The van der Waals surface area contributed by atoms with Gasteiger partial charge in [0.2, 0.25) is 5.91 Å². The van der Waals surface area contributed by atoms with Crippen LogP contribution in [0.25, 0.3) is 6.08 Å². The van der Waals surface area contributed by atoms with Gasteiger partial charge in [-0.1, -0.05) is 53.5 Å². The first-order valence-electron chi connectivity index (χ1n) is 7.65. The highest BCUT2D eigenvalue weighted by molar-refractivity contribution is 6.42. The minimum absolute atomic E-state index is 0.0888. The lowest BCUT2D eigenvalue weighted by Gasteiger charge is -2.25. The van der Waals surface area contributed by atoms with Gasteiger partial charge in [0.05, 0.1) is 16.1 Å². The van der Waals surface area contributed by atoms with Crippen molar-refractivity contribution < 1.29 is 4.79 Å². The van der Waals surface area contributed by atoms with Gasteiger partial charge in [-0.2, -0.15) is 0 Å². The van der Waals surface area contributed by atoms with Crippen molar-refractivity contribution >= 4 is 35.2 Å². The Hall–Kier alpha value is -1.77. The molecule has 0 heterocycles. The van der Waals surface area contributed by atoms with E-state index < -0.39 is 0 Å². The molecule has 0 bridgehead atoms. The number of carbonyl (C=O) groups is 1. The fraction of sp³-hybridized carbons (Fsp3) is 0.211. The maximum absolute atomic E-state index is 12.2. The second kappa shape index (κ2) is 7.20. The monoisotopic (exact) mass is 345 g/mol. The van der Waals surface area contributed by atoms with E-state index >= 15 is 0 Å². The van der Waals surface area contributed by atoms with Gasteiger partial charge in [0.1, 0.15) is 0 Å². The Morgan fingerprint density at radius 2 is 1.96 bits per heavy atom. The molecule has 0 radical (unpaired) electrons. The summed E-state index contributed by atoms with van der Waals surface area (Å²) in [6.07, 6.45) is 6.44. The maximum atomic E-state index is 12.2. The summed E-state index contributed by atoms with van der Waals surface area (Å²) >= 11 is 11.9. The summed E-state index contributed by atoms with van der Waals surface area (Å²) in [7, 11) is 0. The molecule has 2 aromatic carbocycles. The normalized spacial score (nSPS) is 17.0. The Kier molecular flexibility index (Phi) is 5.04. The van der Waals surface area contributed by atoms with E-state index in [0.717, 1.165) is 24.8 Å². The smallest absolute Gasteiger partial charge is 0.244 e. The first-order valence-corrected chi connectivity index (χ1v) is 8.40. The molecule has 0 saturated carbocycles. The Morgan fingerprint density at radius 1 is 1.13 bits per heavy atom. The molecule has 2 nitrogen and oxygen atoms in total. The fourth-order valence-corrected chi connectivity index (χ4v) is 3.22. The first kappa shape index (κ1) is 16.1. The van der Waals surface area contributed by atoms with Crippen LogP contribution in [0.15, 0.2) is 48.5 Å². The summed E-state index contributed by atoms with van der Waals surface area (Å²) in [5.74, 6) is -0.0993. The van der Waals surface area contributed by atoms with Crippen molar-refractivity contribution in [3.05, 3.63) is 75.3 Å². The van der Waals surface area contributed by atoms with Gasteiger partial charge in [-0.25, -0.2) is 0 Å². The van der Waals surface area contributed by atoms with Crippen molar-refractivity contribution in [3.63, 3.8) is 0 Å². The van der Waals surface area contributed by atoms with Crippen LogP contribution in [0, 0.1) is 0 Å². The van der Waals surface area contributed by atoms with Crippen LogP contribution >= 0.6 is 23.2 Å². The molecule has 0 spiro atoms. The number of rotatable bonds is 3. The second-order valence-corrected chi connectivity index (χ2v) is 6.47. The molecule has 1 amide bonds. The number of carbonyl (C=O) groups excluding carboxylic acids is 1. The topological polar surface area (TPSA) is 29.1 Å². The molecule has 1 N–H and O–H groups in total. The largest absolute Gasteiger partial charge is 0.346 e. The quantitative estimate of drug-likeness (QED) is 0.761. The van der Waals surface area contributed by atoms with Gasteiger partial charge in [0, 0.05) is 6.08 Å². The molecule has 118 valence electrons. The van der Waals surface area contributed by atoms with E-state index in [0.29, 0.717) is 10.0 Å². The van der Waals surface area contributed by atoms with Gasteiger partial charge in [-0.05, 0) is 54.2 Å². The summed E-state index contributed by atoms with van der Waals surface area (Å²) in [5.41, 5.74) is 3.41. The number of nitrogens with one attached hydrogen (secondary N) is 1. The average Bonchev–Trinajstić information content (AvgIpc) is 2.56. The standard InChI is InChI=1S/C19H17Cl2NO/c20-16-10-8-13(12-17(16)21)9-11-19(23)22-18-7-3-5-14-4-1-2-6-15(14)18/h1-2,4,6,8-12,18H,3,5,7H2,(H,22,23)/b11-9+/t18-/m0/s1. The Morgan fingerprint density at radius 3 is 2.78 bits per heavy atom. The molecule has 0 saturated heterocycles. The van der Waals surface area contributed by atoms with E-state index in [1.165, 1.54) is 17.2 Å². The minimum atomic E-state index is -0.0993. The van der Waals surface area contributed by atoms with Crippen molar-refractivity contribution in [1.29, 1.82) is 0 Å². The molecular weight excluding hydrogens is 329 g/mol. The van der Waals surface area contributed by atoms with Crippen LogP contribution < -0.4 is 5.32 Å². The lowest BCUT2D eigenvalue weighted by molar-refractivity contribution is -0.117. The van der Waals surface area contributed by atoms with Gasteiger partial charge < -0.3 is 5.32 Å². The van der Waals surface area contributed by atoms with Gasteiger partial charge >= 0.3 is 0 Å². The van der Waals surface area contributed by atoms with Gasteiger partial charge in [0.25, 0.3) is 0 Å². The number of fused-ring (bicyclic) bond motifs is 1. The number of benzene rings is 2. The van der Waals surface area contributed by atoms with Crippen LogP contribution in [-0.2, 0) is 11.2 Å². The summed E-state index contributed by atoms with van der Waals surface area (Å²) in [4.78, 5) is 12.2. The Balaban J connectivity index is 1.68. The third kappa shape index (κ3) is 3.95. The van der Waals surface area contributed by atoms with Crippen LogP contribution in [0.4, 0.5) is 0 Å². The first-order chi connectivity index (χ1) is 11.1. The molecule has 23 heavy (non-hydrogen) atoms. The van der Waals surface area contributed by atoms with Crippen LogP contribution in [0.1, 0.15) is 35.6 Å². The van der Waals surface area contributed by atoms with E-state index in [9.17, 15) is 4.79 Å². The summed E-state index contributed by atoms with van der Waals surface area (Å²) in [6.45, 7) is 0. The molecule has 0 aromatic heterocycles. The van der Waals surface area contributed by atoms with Crippen molar-refractivity contribution in [2.24, 2.45) is 0 Å². The van der Waals surface area contributed by atoms with Gasteiger partial charge in [0.15, 0.2) is 0 Å². The molecule has 0 fully saturated rings. The summed E-state index contributed by atoms with van der Waals surface area (Å²) in [5, 5.41) is 4.07. The predicted octanol–water partition coefficient (Wildman–Crippen LogP) is 5.20. The molecule has 1 atom stereocenters.